The standard InChI is InChI=1S/C14H11F3N2O3/c15-14(16,17)8-1-2-12(19-7-8)22-9-5-10(18)13-11(6-9)20-3-4-21-13/h1-2,5-7H,3-4,18H2. The normalized spacial score (nSPS) is 13.8. The van der Waals surface area contributed by atoms with Crippen molar-refractivity contribution in [2.24, 2.45) is 0 Å². The molecule has 0 saturated carbocycles. The third kappa shape index (κ3) is 2.85. The Bertz CT molecular complexity index is 687. The molecule has 0 aliphatic carbocycles. The highest BCUT2D eigenvalue weighted by Crippen LogP contribution is 2.40. The zero-order valence-corrected chi connectivity index (χ0v) is 11.2. The number of rotatable bonds is 2. The van der Waals surface area contributed by atoms with Crippen LogP contribution < -0.4 is 19.9 Å². The predicted octanol–water partition coefficient (Wildman–Crippen LogP) is 3.25. The molecule has 2 heterocycles. The summed E-state index contributed by atoms with van der Waals surface area (Å²) >= 11 is 0. The molecule has 0 bridgehead atoms. The maximum absolute atomic E-state index is 12.5. The number of ether oxygens (including phenoxy) is 3. The Kier molecular flexibility index (Phi) is 3.44. The first-order valence-corrected chi connectivity index (χ1v) is 6.34. The van der Waals surface area contributed by atoms with Crippen molar-refractivity contribution >= 4 is 5.69 Å². The fraction of sp³-hybridized carbons (Fsp3) is 0.214. The average molecular weight is 312 g/mol. The maximum Gasteiger partial charge on any atom is 0.417 e. The van der Waals surface area contributed by atoms with Gasteiger partial charge in [0.25, 0.3) is 0 Å². The van der Waals surface area contributed by atoms with Crippen LogP contribution in [0, 0.1) is 0 Å². The number of aromatic nitrogens is 1. The van der Waals surface area contributed by atoms with E-state index in [1.165, 1.54) is 6.07 Å². The van der Waals surface area contributed by atoms with Gasteiger partial charge in [-0.05, 0) is 6.07 Å². The Balaban J connectivity index is 1.83. The molecule has 0 radical (unpaired) electrons. The molecular weight excluding hydrogens is 301 g/mol. The molecule has 0 amide bonds. The molecule has 5 nitrogen and oxygen atoms in total. The number of hydrogen-bond donors (Lipinski definition) is 1. The lowest BCUT2D eigenvalue weighted by molar-refractivity contribution is -0.137. The number of nitrogens with two attached hydrogens (primary N) is 1. The van der Waals surface area contributed by atoms with E-state index in [0.717, 1.165) is 12.1 Å². The average Bonchev–Trinajstić information content (AvgIpc) is 2.47. The van der Waals surface area contributed by atoms with Gasteiger partial charge in [-0.2, -0.15) is 13.2 Å². The third-order valence-electron chi connectivity index (χ3n) is 2.93. The van der Waals surface area contributed by atoms with Gasteiger partial charge >= 0.3 is 6.18 Å². The molecule has 1 aromatic carbocycles. The van der Waals surface area contributed by atoms with Crippen LogP contribution in [0.3, 0.4) is 0 Å². The van der Waals surface area contributed by atoms with Crippen LogP contribution in [0.1, 0.15) is 5.56 Å². The van der Waals surface area contributed by atoms with Gasteiger partial charge in [-0.25, -0.2) is 4.98 Å². The van der Waals surface area contributed by atoms with Crippen molar-refractivity contribution in [3.63, 3.8) is 0 Å². The minimum atomic E-state index is -4.44. The summed E-state index contributed by atoms with van der Waals surface area (Å²) in [6, 6.07) is 5.07. The molecule has 22 heavy (non-hydrogen) atoms. The van der Waals surface area contributed by atoms with Crippen molar-refractivity contribution in [2.45, 2.75) is 6.18 Å². The molecular formula is C14H11F3N2O3. The van der Waals surface area contributed by atoms with E-state index in [2.05, 4.69) is 4.98 Å². The molecule has 0 fully saturated rings. The van der Waals surface area contributed by atoms with E-state index in [-0.39, 0.29) is 5.88 Å². The SMILES string of the molecule is Nc1cc(Oc2ccc(C(F)(F)F)cn2)cc2c1OCCO2. The highest BCUT2D eigenvalue weighted by Gasteiger charge is 2.30. The van der Waals surface area contributed by atoms with Crippen LogP contribution in [-0.4, -0.2) is 18.2 Å². The number of alkyl halides is 3. The van der Waals surface area contributed by atoms with E-state index in [1.54, 1.807) is 6.07 Å². The van der Waals surface area contributed by atoms with E-state index in [4.69, 9.17) is 19.9 Å². The van der Waals surface area contributed by atoms with Crippen molar-refractivity contribution in [1.29, 1.82) is 0 Å². The summed E-state index contributed by atoms with van der Waals surface area (Å²) in [6.45, 7) is 0.784. The van der Waals surface area contributed by atoms with Gasteiger partial charge in [0.1, 0.15) is 19.0 Å². The van der Waals surface area contributed by atoms with Crippen LogP contribution in [0.2, 0.25) is 0 Å². The summed E-state index contributed by atoms with van der Waals surface area (Å²) in [5.41, 5.74) is 5.30. The molecule has 0 saturated heterocycles. The minimum absolute atomic E-state index is 0.0177. The zero-order chi connectivity index (χ0) is 15.7. The first-order chi connectivity index (χ1) is 10.4. The van der Waals surface area contributed by atoms with Crippen molar-refractivity contribution in [1.82, 2.24) is 4.98 Å². The van der Waals surface area contributed by atoms with Gasteiger partial charge in [-0.3, -0.25) is 0 Å². The molecule has 8 heteroatoms. The summed E-state index contributed by atoms with van der Waals surface area (Å²) in [4.78, 5) is 3.63. The van der Waals surface area contributed by atoms with Crippen LogP contribution in [0.15, 0.2) is 30.5 Å². The van der Waals surface area contributed by atoms with E-state index in [1.807, 2.05) is 0 Å². The molecule has 1 aromatic heterocycles. The van der Waals surface area contributed by atoms with Crippen molar-refractivity contribution in [3.8, 4) is 23.1 Å². The third-order valence-corrected chi connectivity index (χ3v) is 2.93. The first-order valence-electron chi connectivity index (χ1n) is 6.34. The minimum Gasteiger partial charge on any atom is -0.486 e. The van der Waals surface area contributed by atoms with E-state index in [9.17, 15) is 13.2 Å². The van der Waals surface area contributed by atoms with Crippen LogP contribution in [0.5, 0.6) is 23.1 Å². The topological polar surface area (TPSA) is 66.6 Å². The fourth-order valence-corrected chi connectivity index (χ4v) is 1.94. The lowest BCUT2D eigenvalue weighted by atomic mass is 10.2. The van der Waals surface area contributed by atoms with Gasteiger partial charge in [0.2, 0.25) is 5.88 Å². The van der Waals surface area contributed by atoms with Gasteiger partial charge in [-0.15, -0.1) is 0 Å². The second-order valence-electron chi connectivity index (χ2n) is 4.52. The number of nitrogens with zero attached hydrogens (tertiary/aromatic N) is 1. The number of halogens is 3. The van der Waals surface area contributed by atoms with Crippen LogP contribution >= 0.6 is 0 Å². The quantitative estimate of drug-likeness (QED) is 0.862. The Hall–Kier alpha value is -2.64. The molecule has 3 rings (SSSR count). The predicted molar refractivity (Wildman–Crippen MR) is 71.2 cm³/mol. The monoisotopic (exact) mass is 312 g/mol. The Morgan fingerprint density at radius 1 is 1.14 bits per heavy atom. The molecule has 0 atom stereocenters. The summed E-state index contributed by atoms with van der Waals surface area (Å²) < 4.78 is 53.5. The Labute approximate surface area is 123 Å². The number of benzene rings is 1. The molecule has 1 aliphatic rings. The highest BCUT2D eigenvalue weighted by atomic mass is 19.4. The van der Waals surface area contributed by atoms with Crippen molar-refractivity contribution in [2.75, 3.05) is 18.9 Å². The second kappa shape index (κ2) is 5.28. The Morgan fingerprint density at radius 3 is 2.59 bits per heavy atom. The van der Waals surface area contributed by atoms with Crippen LogP contribution in [0.25, 0.3) is 0 Å². The first kappa shape index (κ1) is 14.3. The number of nitrogen functional groups attached to an aromatic ring is 1. The van der Waals surface area contributed by atoms with E-state index >= 15 is 0 Å². The lowest BCUT2D eigenvalue weighted by Gasteiger charge is -2.20. The van der Waals surface area contributed by atoms with Gasteiger partial charge in [-0.1, -0.05) is 0 Å². The van der Waals surface area contributed by atoms with Gasteiger partial charge in [0, 0.05) is 24.4 Å². The largest absolute Gasteiger partial charge is 0.486 e. The van der Waals surface area contributed by atoms with E-state index in [0.29, 0.717) is 42.3 Å². The van der Waals surface area contributed by atoms with E-state index < -0.39 is 11.7 Å². The second-order valence-corrected chi connectivity index (χ2v) is 4.52. The zero-order valence-electron chi connectivity index (χ0n) is 11.2. The van der Waals surface area contributed by atoms with Crippen LogP contribution in [0.4, 0.5) is 18.9 Å². The van der Waals surface area contributed by atoms with Gasteiger partial charge < -0.3 is 19.9 Å². The van der Waals surface area contributed by atoms with Gasteiger partial charge in [0.15, 0.2) is 11.5 Å². The van der Waals surface area contributed by atoms with Crippen LogP contribution in [-0.2, 0) is 6.18 Å². The Morgan fingerprint density at radius 2 is 1.91 bits per heavy atom. The molecule has 2 N–H and O–H groups in total. The van der Waals surface area contributed by atoms with Crippen molar-refractivity contribution in [3.05, 3.63) is 36.0 Å². The fourth-order valence-electron chi connectivity index (χ4n) is 1.94. The van der Waals surface area contributed by atoms with Crippen molar-refractivity contribution < 1.29 is 27.4 Å². The summed E-state index contributed by atoms with van der Waals surface area (Å²) in [6.07, 6.45) is -3.73. The smallest absolute Gasteiger partial charge is 0.417 e. The summed E-state index contributed by atoms with van der Waals surface area (Å²) in [7, 11) is 0. The maximum atomic E-state index is 12.5. The molecule has 0 unspecified atom stereocenters. The van der Waals surface area contributed by atoms with Gasteiger partial charge in [0.05, 0.1) is 11.3 Å². The molecule has 0 spiro atoms. The number of fused-ring (bicyclic) bond motifs is 1. The molecule has 116 valence electrons. The molecule has 2 aromatic rings. The number of pyridine rings is 1. The number of anilines is 1. The number of hydrogen-bond acceptors (Lipinski definition) is 5. The summed E-state index contributed by atoms with van der Waals surface area (Å²) in [5.74, 6) is 1.17. The lowest BCUT2D eigenvalue weighted by Crippen LogP contribution is -2.16. The summed E-state index contributed by atoms with van der Waals surface area (Å²) in [5, 5.41) is 0. The highest BCUT2D eigenvalue weighted by molar-refractivity contribution is 5.64. The molecule has 1 aliphatic heterocycles.